The number of aromatic nitrogens is 2. The van der Waals surface area contributed by atoms with E-state index in [2.05, 4.69) is 10.4 Å². The number of hydrogen-bond acceptors (Lipinski definition) is 4. The lowest BCUT2D eigenvalue weighted by Gasteiger charge is -2.25. The van der Waals surface area contributed by atoms with Crippen molar-refractivity contribution in [2.24, 2.45) is 0 Å². The molecule has 1 aromatic carbocycles. The summed E-state index contributed by atoms with van der Waals surface area (Å²) in [6.45, 7) is 3.25. The first-order valence-electron chi connectivity index (χ1n) is 7.60. The summed E-state index contributed by atoms with van der Waals surface area (Å²) in [5, 5.41) is 7.63. The highest BCUT2D eigenvalue weighted by Gasteiger charge is 2.32. The van der Waals surface area contributed by atoms with Gasteiger partial charge in [-0.15, -0.1) is 0 Å². The number of nitrogens with one attached hydrogen (secondary N) is 1. The first-order valence-corrected chi connectivity index (χ1v) is 7.97. The van der Waals surface area contributed by atoms with E-state index in [1.165, 1.54) is 12.3 Å². The van der Waals surface area contributed by atoms with Crippen LogP contribution in [0.15, 0.2) is 64.0 Å². The molecule has 0 radical (unpaired) electrons. The van der Waals surface area contributed by atoms with Gasteiger partial charge in [0.25, 0.3) is 11.5 Å². The van der Waals surface area contributed by atoms with Crippen LogP contribution in [0.1, 0.15) is 13.8 Å². The molecule has 7 heteroatoms. The molecule has 0 saturated heterocycles. The molecule has 25 heavy (non-hydrogen) atoms. The van der Waals surface area contributed by atoms with E-state index in [-0.39, 0.29) is 11.5 Å². The first kappa shape index (κ1) is 17.0. The summed E-state index contributed by atoms with van der Waals surface area (Å²) in [4.78, 5) is 25.0. The second-order valence-electron chi connectivity index (χ2n) is 5.97. The number of amides is 1. The molecule has 0 aliphatic rings. The van der Waals surface area contributed by atoms with E-state index in [1.54, 1.807) is 56.3 Å². The zero-order chi connectivity index (χ0) is 18.0. The largest absolute Gasteiger partial charge is 0.463 e. The summed E-state index contributed by atoms with van der Waals surface area (Å²) in [6, 6.07) is 13.1. The molecular formula is C18H16ClN3O3. The molecule has 0 aliphatic carbocycles. The van der Waals surface area contributed by atoms with Crippen molar-refractivity contribution in [1.29, 1.82) is 0 Å². The van der Waals surface area contributed by atoms with Gasteiger partial charge in [0.2, 0.25) is 0 Å². The average molecular weight is 358 g/mol. The number of rotatable bonds is 4. The van der Waals surface area contributed by atoms with Gasteiger partial charge in [-0.1, -0.05) is 11.6 Å². The van der Waals surface area contributed by atoms with Crippen LogP contribution in [-0.4, -0.2) is 15.7 Å². The Balaban J connectivity index is 1.93. The van der Waals surface area contributed by atoms with E-state index in [4.69, 9.17) is 16.0 Å². The van der Waals surface area contributed by atoms with Gasteiger partial charge in [0.1, 0.15) is 11.2 Å². The predicted molar refractivity (Wildman–Crippen MR) is 95.6 cm³/mol. The number of furan rings is 1. The van der Waals surface area contributed by atoms with Crippen LogP contribution in [0.3, 0.4) is 0 Å². The Morgan fingerprint density at radius 1 is 1.16 bits per heavy atom. The third-order valence-corrected chi connectivity index (χ3v) is 4.01. The summed E-state index contributed by atoms with van der Waals surface area (Å²) < 4.78 is 6.45. The summed E-state index contributed by atoms with van der Waals surface area (Å²) in [5.41, 5.74) is -0.541. The van der Waals surface area contributed by atoms with Crippen molar-refractivity contribution in [2.45, 2.75) is 19.4 Å². The molecular weight excluding hydrogens is 342 g/mol. The van der Waals surface area contributed by atoms with Crippen molar-refractivity contribution in [3.8, 4) is 11.5 Å². The number of anilines is 1. The Labute approximate surface area is 149 Å². The lowest BCUT2D eigenvalue weighted by molar-refractivity contribution is -0.123. The molecule has 128 valence electrons. The summed E-state index contributed by atoms with van der Waals surface area (Å²) >= 11 is 5.84. The molecule has 3 aromatic rings. The summed E-state index contributed by atoms with van der Waals surface area (Å²) in [5.74, 6) is 0.142. The van der Waals surface area contributed by atoms with Crippen molar-refractivity contribution in [2.75, 3.05) is 5.32 Å². The number of hydrogen-bond donors (Lipinski definition) is 1. The van der Waals surface area contributed by atoms with Gasteiger partial charge >= 0.3 is 0 Å². The molecule has 6 nitrogen and oxygen atoms in total. The quantitative estimate of drug-likeness (QED) is 0.774. The van der Waals surface area contributed by atoms with Gasteiger partial charge in [-0.05, 0) is 56.3 Å². The molecule has 0 saturated carbocycles. The van der Waals surface area contributed by atoms with E-state index in [1.807, 2.05) is 0 Å². The second kappa shape index (κ2) is 6.57. The maximum Gasteiger partial charge on any atom is 0.267 e. The van der Waals surface area contributed by atoms with E-state index in [0.717, 1.165) is 4.68 Å². The average Bonchev–Trinajstić information content (AvgIpc) is 3.11. The minimum atomic E-state index is -1.21. The predicted octanol–water partition coefficient (Wildman–Crippen LogP) is 3.53. The monoisotopic (exact) mass is 357 g/mol. The van der Waals surface area contributed by atoms with E-state index in [9.17, 15) is 9.59 Å². The molecule has 2 aromatic heterocycles. The lowest BCUT2D eigenvalue weighted by atomic mass is 10.0. The van der Waals surface area contributed by atoms with E-state index >= 15 is 0 Å². The molecule has 3 rings (SSSR count). The topological polar surface area (TPSA) is 77.1 Å². The fourth-order valence-corrected chi connectivity index (χ4v) is 2.41. The Morgan fingerprint density at radius 2 is 1.88 bits per heavy atom. The Morgan fingerprint density at radius 3 is 2.52 bits per heavy atom. The van der Waals surface area contributed by atoms with Crippen molar-refractivity contribution >= 4 is 23.2 Å². The van der Waals surface area contributed by atoms with Gasteiger partial charge < -0.3 is 9.73 Å². The van der Waals surface area contributed by atoms with Crippen LogP contribution in [-0.2, 0) is 10.3 Å². The molecule has 0 aliphatic heterocycles. The molecule has 1 N–H and O–H groups in total. The smallest absolute Gasteiger partial charge is 0.267 e. The summed E-state index contributed by atoms with van der Waals surface area (Å²) in [7, 11) is 0. The minimum absolute atomic E-state index is 0.374. The number of carbonyl (C=O) groups excluding carboxylic acids is 1. The third kappa shape index (κ3) is 3.49. The fourth-order valence-electron chi connectivity index (χ4n) is 2.28. The van der Waals surface area contributed by atoms with Crippen LogP contribution >= 0.6 is 11.6 Å². The lowest BCUT2D eigenvalue weighted by Crippen LogP contribution is -2.47. The summed E-state index contributed by atoms with van der Waals surface area (Å²) in [6.07, 6.45) is 1.52. The van der Waals surface area contributed by atoms with Gasteiger partial charge in [-0.25, -0.2) is 4.68 Å². The van der Waals surface area contributed by atoms with Crippen molar-refractivity contribution in [1.82, 2.24) is 9.78 Å². The van der Waals surface area contributed by atoms with Crippen LogP contribution in [0.4, 0.5) is 5.69 Å². The molecule has 0 atom stereocenters. The van der Waals surface area contributed by atoms with E-state index < -0.39 is 5.54 Å². The minimum Gasteiger partial charge on any atom is -0.463 e. The van der Waals surface area contributed by atoms with Gasteiger partial charge in [-0.2, -0.15) is 5.10 Å². The van der Waals surface area contributed by atoms with Crippen molar-refractivity contribution in [3.63, 3.8) is 0 Å². The van der Waals surface area contributed by atoms with Crippen molar-refractivity contribution in [3.05, 3.63) is 70.2 Å². The fraction of sp³-hybridized carbons (Fsp3) is 0.167. The van der Waals surface area contributed by atoms with Gasteiger partial charge in [0, 0.05) is 16.8 Å². The Bertz CT molecular complexity index is 944. The van der Waals surface area contributed by atoms with Crippen LogP contribution in [0.5, 0.6) is 0 Å². The highest BCUT2D eigenvalue weighted by molar-refractivity contribution is 6.30. The molecule has 0 bridgehead atoms. The van der Waals surface area contributed by atoms with Crippen LogP contribution in [0.25, 0.3) is 11.5 Å². The maximum atomic E-state index is 12.7. The van der Waals surface area contributed by atoms with Crippen LogP contribution in [0, 0.1) is 0 Å². The number of halogens is 1. The molecule has 0 fully saturated rings. The highest BCUT2D eigenvalue weighted by atomic mass is 35.5. The standard InChI is InChI=1S/C18H16ClN3O3/c1-18(2,17(24)20-13-7-5-12(19)6-8-13)22-16(23)10-9-14(21-22)15-4-3-11-25-15/h3-11H,1-2H3,(H,20,24). The normalized spacial score (nSPS) is 11.3. The van der Waals surface area contributed by atoms with Gasteiger partial charge in [-0.3, -0.25) is 9.59 Å². The van der Waals surface area contributed by atoms with Gasteiger partial charge in [0.05, 0.1) is 6.26 Å². The highest BCUT2D eigenvalue weighted by Crippen LogP contribution is 2.20. The van der Waals surface area contributed by atoms with E-state index in [0.29, 0.717) is 22.2 Å². The molecule has 2 heterocycles. The number of benzene rings is 1. The van der Waals surface area contributed by atoms with Crippen molar-refractivity contribution < 1.29 is 9.21 Å². The zero-order valence-corrected chi connectivity index (χ0v) is 14.4. The molecule has 1 amide bonds. The molecule has 0 unspecified atom stereocenters. The van der Waals surface area contributed by atoms with Crippen LogP contribution < -0.4 is 10.9 Å². The number of nitrogens with zero attached hydrogens (tertiary/aromatic N) is 2. The Hall–Kier alpha value is -2.86. The zero-order valence-electron chi connectivity index (χ0n) is 13.7. The van der Waals surface area contributed by atoms with Gasteiger partial charge in [0.15, 0.2) is 5.76 Å². The third-order valence-electron chi connectivity index (χ3n) is 3.76. The Kier molecular flexibility index (Phi) is 4.46. The first-order chi connectivity index (χ1) is 11.9. The number of carbonyl (C=O) groups is 1. The molecule has 0 spiro atoms. The maximum absolute atomic E-state index is 12.7. The van der Waals surface area contributed by atoms with Crippen LogP contribution in [0.2, 0.25) is 5.02 Å². The SMILES string of the molecule is CC(C)(C(=O)Nc1ccc(Cl)cc1)n1nc(-c2ccco2)ccc1=O. The second-order valence-corrected chi connectivity index (χ2v) is 6.40.